The highest BCUT2D eigenvalue weighted by atomic mass is 16.7. The van der Waals surface area contributed by atoms with Gasteiger partial charge in [0.1, 0.15) is 5.78 Å². The molecule has 0 radical (unpaired) electrons. The van der Waals surface area contributed by atoms with Crippen LogP contribution in [0.5, 0.6) is 0 Å². The Morgan fingerprint density at radius 3 is 2.00 bits per heavy atom. The molecule has 154 valence electrons. The van der Waals surface area contributed by atoms with Gasteiger partial charge in [0.15, 0.2) is 0 Å². The number of Topliss-reactive ketones (excluding diaryl/α,β-unsaturated/α-hetero) is 1. The van der Waals surface area contributed by atoms with Crippen LogP contribution in [0.15, 0.2) is 0 Å². The van der Waals surface area contributed by atoms with Crippen LogP contribution in [0.1, 0.15) is 96.8 Å². The predicted octanol–water partition coefficient (Wildman–Crippen LogP) is 3.19. The van der Waals surface area contributed by atoms with Crippen LogP contribution in [0.3, 0.4) is 0 Å². The standard InChI is InChI=1S/C20H34N2O5/c1-2-3-4-5-6-7-8-9-10-11-17(23)16(21)12-15-20(26)27-22-18(24)13-14-19(22)25/h16H,2-15,21H2,1H3. The number of hydrogen-bond donors (Lipinski definition) is 1. The summed E-state index contributed by atoms with van der Waals surface area (Å²) in [5.41, 5.74) is 5.83. The van der Waals surface area contributed by atoms with Crippen molar-refractivity contribution >= 4 is 23.6 Å². The highest BCUT2D eigenvalue weighted by Gasteiger charge is 2.32. The zero-order valence-corrected chi connectivity index (χ0v) is 16.5. The molecular weight excluding hydrogens is 348 g/mol. The summed E-state index contributed by atoms with van der Waals surface area (Å²) in [5.74, 6) is -1.80. The Morgan fingerprint density at radius 2 is 1.44 bits per heavy atom. The van der Waals surface area contributed by atoms with E-state index in [0.29, 0.717) is 11.5 Å². The number of amides is 2. The van der Waals surface area contributed by atoms with Gasteiger partial charge in [-0.2, -0.15) is 0 Å². The average molecular weight is 383 g/mol. The van der Waals surface area contributed by atoms with E-state index in [9.17, 15) is 19.2 Å². The van der Waals surface area contributed by atoms with Crippen LogP contribution >= 0.6 is 0 Å². The van der Waals surface area contributed by atoms with E-state index >= 15 is 0 Å². The molecule has 0 aromatic rings. The first-order valence-electron chi connectivity index (χ1n) is 10.3. The van der Waals surface area contributed by atoms with Crippen LogP contribution in [-0.4, -0.2) is 34.7 Å². The van der Waals surface area contributed by atoms with E-state index in [0.717, 1.165) is 19.3 Å². The lowest BCUT2D eigenvalue weighted by Crippen LogP contribution is -2.34. The van der Waals surface area contributed by atoms with Gasteiger partial charge in [-0.05, 0) is 12.8 Å². The Labute approximate surface area is 161 Å². The van der Waals surface area contributed by atoms with Crippen LogP contribution in [0.4, 0.5) is 0 Å². The maximum absolute atomic E-state index is 12.0. The Bertz CT molecular complexity index is 491. The number of ketones is 1. The zero-order chi connectivity index (χ0) is 20.1. The van der Waals surface area contributed by atoms with Crippen molar-refractivity contribution in [2.24, 2.45) is 5.73 Å². The Hall–Kier alpha value is -1.76. The number of carbonyl (C=O) groups is 4. The fourth-order valence-electron chi connectivity index (χ4n) is 3.03. The van der Waals surface area contributed by atoms with E-state index in [4.69, 9.17) is 10.6 Å². The maximum atomic E-state index is 12.0. The van der Waals surface area contributed by atoms with E-state index in [1.807, 2.05) is 0 Å². The lowest BCUT2D eigenvalue weighted by Gasteiger charge is -2.14. The molecule has 2 N–H and O–H groups in total. The molecule has 1 unspecified atom stereocenters. The second-order valence-corrected chi connectivity index (χ2v) is 7.24. The normalized spacial score (nSPS) is 15.3. The van der Waals surface area contributed by atoms with Gasteiger partial charge >= 0.3 is 5.97 Å². The summed E-state index contributed by atoms with van der Waals surface area (Å²) in [6.45, 7) is 2.21. The number of hydrogen-bond acceptors (Lipinski definition) is 6. The van der Waals surface area contributed by atoms with Gasteiger partial charge in [-0.25, -0.2) is 4.79 Å². The van der Waals surface area contributed by atoms with Gasteiger partial charge in [0.05, 0.1) is 6.04 Å². The topological polar surface area (TPSA) is 107 Å². The van der Waals surface area contributed by atoms with Crippen LogP contribution < -0.4 is 5.73 Å². The first-order valence-corrected chi connectivity index (χ1v) is 10.3. The minimum atomic E-state index is -0.718. The highest BCUT2D eigenvalue weighted by molar-refractivity contribution is 6.01. The van der Waals surface area contributed by atoms with Crippen molar-refractivity contribution in [2.45, 2.75) is 103 Å². The van der Waals surface area contributed by atoms with Crippen molar-refractivity contribution in [1.29, 1.82) is 0 Å². The molecule has 1 aliphatic heterocycles. The molecule has 0 saturated carbocycles. The first-order chi connectivity index (χ1) is 13.0. The molecule has 1 atom stereocenters. The van der Waals surface area contributed by atoms with Crippen LogP contribution in [0.25, 0.3) is 0 Å². The van der Waals surface area contributed by atoms with Gasteiger partial charge in [-0.15, -0.1) is 5.06 Å². The van der Waals surface area contributed by atoms with Gasteiger partial charge in [0, 0.05) is 25.7 Å². The number of hydroxylamine groups is 2. The highest BCUT2D eigenvalue weighted by Crippen LogP contribution is 2.14. The molecule has 0 spiro atoms. The Kier molecular flexibility index (Phi) is 11.6. The number of nitrogens with zero attached hydrogens (tertiary/aromatic N) is 1. The first kappa shape index (κ1) is 23.3. The van der Waals surface area contributed by atoms with Crippen molar-refractivity contribution < 1.29 is 24.0 Å². The molecule has 1 aliphatic rings. The fourth-order valence-corrected chi connectivity index (χ4v) is 3.03. The van der Waals surface area contributed by atoms with E-state index in [1.54, 1.807) is 0 Å². The number of unbranched alkanes of at least 4 members (excludes halogenated alkanes) is 8. The second kappa shape index (κ2) is 13.4. The molecule has 0 aromatic carbocycles. The second-order valence-electron chi connectivity index (χ2n) is 7.24. The summed E-state index contributed by atoms with van der Waals surface area (Å²) in [7, 11) is 0. The van der Waals surface area contributed by atoms with Gasteiger partial charge in [-0.3, -0.25) is 14.4 Å². The number of rotatable bonds is 15. The summed E-state index contributed by atoms with van der Waals surface area (Å²) in [6, 6.07) is -0.712. The van der Waals surface area contributed by atoms with E-state index < -0.39 is 23.8 Å². The van der Waals surface area contributed by atoms with Crippen LogP contribution in [-0.2, 0) is 24.0 Å². The molecule has 0 aliphatic carbocycles. The summed E-state index contributed by atoms with van der Waals surface area (Å²) >= 11 is 0. The number of imide groups is 1. The summed E-state index contributed by atoms with van der Waals surface area (Å²) in [6.07, 6.45) is 11.2. The monoisotopic (exact) mass is 382 g/mol. The third-order valence-corrected chi connectivity index (χ3v) is 4.80. The number of nitrogens with two attached hydrogens (primary N) is 1. The quantitative estimate of drug-likeness (QED) is 0.344. The minimum Gasteiger partial charge on any atom is -0.330 e. The molecule has 0 bridgehead atoms. The summed E-state index contributed by atoms with van der Waals surface area (Å²) < 4.78 is 0. The molecule has 27 heavy (non-hydrogen) atoms. The van der Waals surface area contributed by atoms with Crippen molar-refractivity contribution in [2.75, 3.05) is 0 Å². The average Bonchev–Trinajstić information content (AvgIpc) is 2.96. The smallest absolute Gasteiger partial charge is 0.330 e. The van der Waals surface area contributed by atoms with Crippen molar-refractivity contribution in [3.63, 3.8) is 0 Å². The minimum absolute atomic E-state index is 0.0564. The van der Waals surface area contributed by atoms with Gasteiger partial charge in [0.25, 0.3) is 11.8 Å². The molecular formula is C20H34N2O5. The molecule has 1 rings (SSSR count). The molecule has 7 nitrogen and oxygen atoms in total. The largest absolute Gasteiger partial charge is 0.333 e. The lowest BCUT2D eigenvalue weighted by molar-refractivity contribution is -0.197. The molecule has 1 fully saturated rings. The number of carbonyl (C=O) groups excluding carboxylic acids is 4. The zero-order valence-electron chi connectivity index (χ0n) is 16.5. The van der Waals surface area contributed by atoms with E-state index in [2.05, 4.69) is 6.92 Å². The van der Waals surface area contributed by atoms with Crippen molar-refractivity contribution in [3.05, 3.63) is 0 Å². The van der Waals surface area contributed by atoms with E-state index in [1.165, 1.54) is 38.5 Å². The van der Waals surface area contributed by atoms with Crippen molar-refractivity contribution in [3.8, 4) is 0 Å². The van der Waals surface area contributed by atoms with Crippen LogP contribution in [0.2, 0.25) is 0 Å². The molecule has 0 aromatic heterocycles. The molecule has 2 amide bonds. The van der Waals surface area contributed by atoms with E-state index in [-0.39, 0.29) is 31.5 Å². The molecule has 1 heterocycles. The SMILES string of the molecule is CCCCCCCCCCCC(=O)C(N)CCC(=O)ON1C(=O)CCC1=O. The third kappa shape index (κ3) is 9.65. The van der Waals surface area contributed by atoms with Crippen molar-refractivity contribution in [1.82, 2.24) is 5.06 Å². The lowest BCUT2D eigenvalue weighted by atomic mass is 10.0. The third-order valence-electron chi connectivity index (χ3n) is 4.80. The Balaban J connectivity index is 2.06. The van der Waals surface area contributed by atoms with Crippen LogP contribution in [0, 0.1) is 0 Å². The predicted molar refractivity (Wildman–Crippen MR) is 101 cm³/mol. The summed E-state index contributed by atoms with van der Waals surface area (Å²) in [4.78, 5) is 51.2. The molecule has 1 saturated heterocycles. The fraction of sp³-hybridized carbons (Fsp3) is 0.800. The summed E-state index contributed by atoms with van der Waals surface area (Å²) in [5, 5.41) is 0.512. The van der Waals surface area contributed by atoms with Gasteiger partial charge in [-0.1, -0.05) is 58.3 Å². The molecule has 7 heteroatoms. The van der Waals surface area contributed by atoms with Gasteiger partial charge in [0.2, 0.25) is 0 Å². The van der Waals surface area contributed by atoms with Gasteiger partial charge < -0.3 is 10.6 Å². The maximum Gasteiger partial charge on any atom is 0.333 e. The Morgan fingerprint density at radius 1 is 0.926 bits per heavy atom.